The Bertz CT molecular complexity index is 751. The van der Waals surface area contributed by atoms with Crippen molar-refractivity contribution in [1.82, 2.24) is 10.6 Å². The number of hydrogen-bond donors (Lipinski definition) is 3. The van der Waals surface area contributed by atoms with E-state index in [0.29, 0.717) is 16.1 Å². The van der Waals surface area contributed by atoms with Crippen LogP contribution in [-0.2, 0) is 6.18 Å². The molecule has 0 aliphatic heterocycles. The fourth-order valence-corrected chi connectivity index (χ4v) is 2.43. The Morgan fingerprint density at radius 3 is 2.42 bits per heavy atom. The van der Waals surface area contributed by atoms with E-state index in [2.05, 4.69) is 10.6 Å². The molecule has 0 bridgehead atoms. The monoisotopic (exact) mass is 386 g/mol. The first-order chi connectivity index (χ1) is 12.2. The van der Waals surface area contributed by atoms with Gasteiger partial charge < -0.3 is 15.7 Å². The number of hydrogen-bond acceptors (Lipinski definition) is 2. The summed E-state index contributed by atoms with van der Waals surface area (Å²) >= 11 is 5.77. The number of halogens is 4. The van der Waals surface area contributed by atoms with Crippen molar-refractivity contribution in [3.05, 3.63) is 70.2 Å². The van der Waals surface area contributed by atoms with Gasteiger partial charge in [0.25, 0.3) is 0 Å². The normalized spacial score (nSPS) is 13.8. The van der Waals surface area contributed by atoms with Crippen molar-refractivity contribution in [2.75, 3.05) is 6.54 Å². The molecule has 26 heavy (non-hydrogen) atoms. The molecule has 2 atom stereocenters. The fourth-order valence-electron chi connectivity index (χ4n) is 2.31. The number of carbonyl (C=O) groups excluding carboxylic acids is 1. The van der Waals surface area contributed by atoms with Gasteiger partial charge in [-0.25, -0.2) is 4.79 Å². The van der Waals surface area contributed by atoms with Crippen molar-refractivity contribution in [1.29, 1.82) is 0 Å². The van der Waals surface area contributed by atoms with Crippen molar-refractivity contribution in [2.24, 2.45) is 0 Å². The van der Waals surface area contributed by atoms with Gasteiger partial charge in [0.15, 0.2) is 0 Å². The Hall–Kier alpha value is -2.25. The van der Waals surface area contributed by atoms with Gasteiger partial charge in [-0.1, -0.05) is 35.9 Å². The highest BCUT2D eigenvalue weighted by molar-refractivity contribution is 6.30. The summed E-state index contributed by atoms with van der Waals surface area (Å²) < 4.78 is 38.3. The lowest BCUT2D eigenvalue weighted by atomic mass is 10.1. The quantitative estimate of drug-likeness (QED) is 0.710. The SMILES string of the molecule is CC(NC(=O)NCC(O)c1ccc(Cl)cc1)c1cccc(C(F)(F)F)c1. The maximum atomic E-state index is 12.8. The standard InChI is InChI=1S/C18H18ClF3N2O2/c1-11(13-3-2-4-14(9-13)18(20,21)22)24-17(26)23-10-16(25)12-5-7-15(19)8-6-12/h2-9,11,16,25H,10H2,1H3,(H2,23,24,26). The molecule has 2 rings (SSSR count). The van der Waals surface area contributed by atoms with E-state index < -0.39 is 29.9 Å². The van der Waals surface area contributed by atoms with Crippen molar-refractivity contribution in [3.8, 4) is 0 Å². The zero-order chi connectivity index (χ0) is 19.3. The number of urea groups is 1. The Balaban J connectivity index is 1.90. The maximum absolute atomic E-state index is 12.8. The lowest BCUT2D eigenvalue weighted by Gasteiger charge is -2.18. The molecule has 0 aliphatic rings. The number of nitrogens with one attached hydrogen (secondary N) is 2. The largest absolute Gasteiger partial charge is 0.416 e. The number of carbonyl (C=O) groups is 1. The lowest BCUT2D eigenvalue weighted by molar-refractivity contribution is -0.137. The van der Waals surface area contributed by atoms with Crippen molar-refractivity contribution >= 4 is 17.6 Å². The molecule has 140 valence electrons. The summed E-state index contributed by atoms with van der Waals surface area (Å²) in [6.07, 6.45) is -5.37. The highest BCUT2D eigenvalue weighted by atomic mass is 35.5. The first kappa shape index (κ1) is 20.1. The number of amides is 2. The second kappa shape index (κ2) is 8.42. The molecule has 3 N–H and O–H groups in total. The van der Waals surface area contributed by atoms with E-state index in [9.17, 15) is 23.1 Å². The molecule has 2 unspecified atom stereocenters. The third-order valence-corrected chi connectivity index (χ3v) is 4.02. The molecule has 2 aromatic rings. The molecule has 4 nitrogen and oxygen atoms in total. The average Bonchev–Trinajstić information content (AvgIpc) is 2.59. The smallest absolute Gasteiger partial charge is 0.387 e. The van der Waals surface area contributed by atoms with E-state index in [1.807, 2.05) is 0 Å². The van der Waals surface area contributed by atoms with E-state index in [-0.39, 0.29) is 6.54 Å². The van der Waals surface area contributed by atoms with Crippen LogP contribution in [0.5, 0.6) is 0 Å². The van der Waals surface area contributed by atoms with E-state index in [1.54, 1.807) is 31.2 Å². The van der Waals surface area contributed by atoms with Crippen LogP contribution in [0.3, 0.4) is 0 Å². The van der Waals surface area contributed by atoms with Gasteiger partial charge in [0.2, 0.25) is 0 Å². The summed E-state index contributed by atoms with van der Waals surface area (Å²) in [5.74, 6) is 0. The molecule has 0 aromatic heterocycles. The summed E-state index contributed by atoms with van der Waals surface area (Å²) in [5, 5.41) is 15.6. The average molecular weight is 387 g/mol. The molecule has 8 heteroatoms. The highest BCUT2D eigenvalue weighted by Gasteiger charge is 2.30. The van der Waals surface area contributed by atoms with Gasteiger partial charge in [0.1, 0.15) is 0 Å². The first-order valence-electron chi connectivity index (χ1n) is 7.82. The van der Waals surface area contributed by atoms with Gasteiger partial charge in [0.05, 0.1) is 17.7 Å². The summed E-state index contributed by atoms with van der Waals surface area (Å²) in [7, 11) is 0. The highest BCUT2D eigenvalue weighted by Crippen LogP contribution is 2.30. The van der Waals surface area contributed by atoms with Gasteiger partial charge in [-0.05, 0) is 42.3 Å². The molecular weight excluding hydrogens is 369 g/mol. The molecule has 0 aliphatic carbocycles. The third-order valence-electron chi connectivity index (χ3n) is 3.77. The van der Waals surface area contributed by atoms with Crippen molar-refractivity contribution in [3.63, 3.8) is 0 Å². The van der Waals surface area contributed by atoms with Crippen LogP contribution in [0.25, 0.3) is 0 Å². The van der Waals surface area contributed by atoms with Crippen LogP contribution in [0.1, 0.15) is 35.8 Å². The van der Waals surface area contributed by atoms with Crippen molar-refractivity contribution < 1.29 is 23.1 Å². The zero-order valence-electron chi connectivity index (χ0n) is 13.8. The van der Waals surface area contributed by atoms with Crippen molar-refractivity contribution in [2.45, 2.75) is 25.2 Å². The van der Waals surface area contributed by atoms with Gasteiger partial charge in [-0.3, -0.25) is 0 Å². The summed E-state index contributed by atoms with van der Waals surface area (Å²) in [5.41, 5.74) is 0.135. The number of rotatable bonds is 5. The summed E-state index contributed by atoms with van der Waals surface area (Å²) in [6.45, 7) is 1.52. The minimum Gasteiger partial charge on any atom is -0.387 e. The Labute approximate surface area is 154 Å². The number of aliphatic hydroxyl groups excluding tert-OH is 1. The second-order valence-corrected chi connectivity index (χ2v) is 6.20. The topological polar surface area (TPSA) is 61.4 Å². The van der Waals surface area contributed by atoms with Gasteiger partial charge in [-0.15, -0.1) is 0 Å². The van der Waals surface area contributed by atoms with E-state index in [4.69, 9.17) is 11.6 Å². The summed E-state index contributed by atoms with van der Waals surface area (Å²) in [4.78, 5) is 11.9. The number of benzene rings is 2. The minimum absolute atomic E-state index is 0.0528. The van der Waals surface area contributed by atoms with Crippen LogP contribution in [-0.4, -0.2) is 17.7 Å². The predicted molar refractivity (Wildman–Crippen MR) is 92.8 cm³/mol. The van der Waals surface area contributed by atoms with E-state index in [1.165, 1.54) is 12.1 Å². The van der Waals surface area contributed by atoms with Crippen LogP contribution in [0.4, 0.5) is 18.0 Å². The molecule has 2 amide bonds. The molecule has 0 radical (unpaired) electrons. The van der Waals surface area contributed by atoms with Crippen LogP contribution in [0, 0.1) is 0 Å². The molecule has 0 spiro atoms. The third kappa shape index (κ3) is 5.64. The molecule has 0 saturated heterocycles. The van der Waals surface area contributed by atoms with Crippen LogP contribution >= 0.6 is 11.6 Å². The van der Waals surface area contributed by atoms with Gasteiger partial charge >= 0.3 is 12.2 Å². The lowest BCUT2D eigenvalue weighted by Crippen LogP contribution is -2.39. The molecule has 0 saturated carbocycles. The van der Waals surface area contributed by atoms with E-state index >= 15 is 0 Å². The first-order valence-corrected chi connectivity index (χ1v) is 8.19. The summed E-state index contributed by atoms with van der Waals surface area (Å²) in [6, 6.07) is 10.0. The van der Waals surface area contributed by atoms with Gasteiger partial charge in [0, 0.05) is 11.6 Å². The molecule has 0 heterocycles. The van der Waals surface area contributed by atoms with Gasteiger partial charge in [-0.2, -0.15) is 13.2 Å². The number of aliphatic hydroxyl groups is 1. The Morgan fingerprint density at radius 2 is 1.81 bits per heavy atom. The minimum atomic E-state index is -4.44. The Kier molecular flexibility index (Phi) is 6.50. The van der Waals surface area contributed by atoms with Crippen LogP contribution in [0.15, 0.2) is 48.5 Å². The molecule has 0 fully saturated rings. The fraction of sp³-hybridized carbons (Fsp3) is 0.278. The maximum Gasteiger partial charge on any atom is 0.416 e. The van der Waals surface area contributed by atoms with E-state index in [0.717, 1.165) is 12.1 Å². The Morgan fingerprint density at radius 1 is 1.15 bits per heavy atom. The number of alkyl halides is 3. The predicted octanol–water partition coefficient (Wildman–Crippen LogP) is 4.45. The van der Waals surface area contributed by atoms with Crippen LogP contribution in [0.2, 0.25) is 5.02 Å². The molecular formula is C18H18ClF3N2O2. The zero-order valence-corrected chi connectivity index (χ0v) is 14.6. The second-order valence-electron chi connectivity index (χ2n) is 5.77. The van der Waals surface area contributed by atoms with Crippen LogP contribution < -0.4 is 10.6 Å². The molecule has 2 aromatic carbocycles.